The number of ether oxygens (including phenoxy) is 2. The number of rotatable bonds is 7. The van der Waals surface area contributed by atoms with E-state index in [9.17, 15) is 0 Å². The Hall–Kier alpha value is -3.29. The summed E-state index contributed by atoms with van der Waals surface area (Å²) in [4.78, 5) is 13.5. The van der Waals surface area contributed by atoms with Crippen LogP contribution in [0, 0.1) is 0 Å². The fraction of sp³-hybridized carbons (Fsp3) is 0.143. The molecule has 1 amide bonds. The number of anilines is 1. The Morgan fingerprint density at radius 1 is 1.10 bits per heavy atom. The minimum absolute atomic E-state index is 0.358. The number of hydrazine groups is 1. The van der Waals surface area contributed by atoms with Crippen molar-refractivity contribution in [2.75, 3.05) is 19.5 Å². The molecule has 0 unspecified atom stereocenters. The van der Waals surface area contributed by atoms with Crippen LogP contribution in [-0.2, 0) is 11.4 Å². The number of benzene rings is 2. The first-order chi connectivity index (χ1) is 14.1. The Kier molecular flexibility index (Phi) is 8.75. The monoisotopic (exact) mass is 414 g/mol. The minimum Gasteiger partial charge on any atom is -0.496 e. The number of hydrogen-bond acceptors (Lipinski definition) is 6. The van der Waals surface area contributed by atoms with E-state index in [0.29, 0.717) is 23.9 Å². The van der Waals surface area contributed by atoms with Gasteiger partial charge in [0.1, 0.15) is 12.4 Å². The first kappa shape index (κ1) is 22.0. The molecule has 7 nitrogen and oxygen atoms in total. The van der Waals surface area contributed by atoms with E-state index in [1.807, 2.05) is 67.7 Å². The molecule has 0 aliphatic carbocycles. The molecular weight excluding hydrogens is 392 g/mol. The number of aromatic nitrogens is 1. The number of methoxy groups -OCH3 is 1. The van der Waals surface area contributed by atoms with E-state index in [1.165, 1.54) is 0 Å². The van der Waals surface area contributed by atoms with Crippen LogP contribution in [0.3, 0.4) is 0 Å². The highest BCUT2D eigenvalue weighted by Crippen LogP contribution is 2.28. The van der Waals surface area contributed by atoms with Crippen LogP contribution >= 0.6 is 11.6 Å². The zero-order chi connectivity index (χ0) is 21.1. The molecule has 0 spiro atoms. The van der Waals surface area contributed by atoms with E-state index in [0.717, 1.165) is 28.3 Å². The van der Waals surface area contributed by atoms with E-state index < -0.39 is 0 Å². The predicted molar refractivity (Wildman–Crippen MR) is 115 cm³/mol. The summed E-state index contributed by atoms with van der Waals surface area (Å²) in [5.41, 5.74) is 5.49. The number of carbonyl (C=O) groups excluding carboxylic acids is 1. The van der Waals surface area contributed by atoms with Crippen molar-refractivity contribution in [3.8, 4) is 22.9 Å². The second kappa shape index (κ2) is 11.5. The van der Waals surface area contributed by atoms with E-state index in [1.54, 1.807) is 12.5 Å². The summed E-state index contributed by atoms with van der Waals surface area (Å²) >= 11 is 5.94. The third-order valence-electron chi connectivity index (χ3n) is 3.92. The highest BCUT2D eigenvalue weighted by molar-refractivity contribution is 6.30. The normalized spacial score (nSPS) is 9.66. The van der Waals surface area contributed by atoms with Crippen molar-refractivity contribution in [3.63, 3.8) is 0 Å². The molecule has 0 saturated carbocycles. The van der Waals surface area contributed by atoms with Crippen molar-refractivity contribution in [2.45, 2.75) is 6.61 Å². The molecule has 4 N–H and O–H groups in total. The zero-order valence-corrected chi connectivity index (χ0v) is 16.9. The summed E-state index contributed by atoms with van der Waals surface area (Å²) in [7, 11) is 3.52. The number of nitrogens with zero attached hydrogens (tertiary/aromatic N) is 1. The van der Waals surface area contributed by atoms with Crippen LogP contribution in [0.2, 0.25) is 5.02 Å². The number of amides is 1. The molecule has 8 heteroatoms. The van der Waals surface area contributed by atoms with Crippen molar-refractivity contribution in [2.24, 2.45) is 5.84 Å². The van der Waals surface area contributed by atoms with Crippen molar-refractivity contribution < 1.29 is 14.3 Å². The van der Waals surface area contributed by atoms with Crippen LogP contribution in [0.4, 0.5) is 5.69 Å². The quantitative estimate of drug-likeness (QED) is 0.236. The van der Waals surface area contributed by atoms with Gasteiger partial charge in [0.2, 0.25) is 12.3 Å². The maximum absolute atomic E-state index is 8.94. The van der Waals surface area contributed by atoms with Gasteiger partial charge in [0.05, 0.1) is 18.4 Å². The highest BCUT2D eigenvalue weighted by atomic mass is 35.5. The van der Waals surface area contributed by atoms with Gasteiger partial charge in [-0.2, -0.15) is 0 Å². The zero-order valence-electron chi connectivity index (χ0n) is 16.2. The van der Waals surface area contributed by atoms with Gasteiger partial charge in [-0.05, 0) is 30.3 Å². The van der Waals surface area contributed by atoms with Crippen LogP contribution in [0.15, 0.2) is 60.7 Å². The smallest absolute Gasteiger partial charge is 0.221 e. The Balaban J connectivity index is 0.000000687. The standard InChI is InChI=1S/C20H19ClN2O2.CH4N2O/c1-22-18-6-3-7-19(24-2)16(18)13-25-20-8-4-5-17(23-20)14-9-11-15(21)12-10-14;2-3-1-4/h3-12,22H,13H2,1-2H3;1H,2H2,(H,3,4). The van der Waals surface area contributed by atoms with Gasteiger partial charge in [0.15, 0.2) is 0 Å². The maximum atomic E-state index is 8.94. The molecule has 0 aliphatic heterocycles. The lowest BCUT2D eigenvalue weighted by atomic mass is 10.1. The van der Waals surface area contributed by atoms with Crippen molar-refractivity contribution >= 4 is 23.7 Å². The fourth-order valence-electron chi connectivity index (χ4n) is 2.56. The Labute approximate surface area is 174 Å². The summed E-state index contributed by atoms with van der Waals surface area (Å²) in [6.07, 6.45) is 0.403. The SMILES string of the molecule is CNc1cccc(OC)c1COc1cccc(-c2ccc(Cl)cc2)n1.NNC=O. The van der Waals surface area contributed by atoms with Gasteiger partial charge in [-0.15, -0.1) is 0 Å². The van der Waals surface area contributed by atoms with E-state index in [4.69, 9.17) is 25.9 Å². The van der Waals surface area contributed by atoms with Crippen LogP contribution in [-0.4, -0.2) is 25.6 Å². The highest BCUT2D eigenvalue weighted by Gasteiger charge is 2.10. The van der Waals surface area contributed by atoms with E-state index in [-0.39, 0.29) is 0 Å². The van der Waals surface area contributed by atoms with Gasteiger partial charge in [-0.25, -0.2) is 10.8 Å². The second-order valence-electron chi connectivity index (χ2n) is 5.68. The third-order valence-corrected chi connectivity index (χ3v) is 4.17. The topological polar surface area (TPSA) is 98.5 Å². The lowest BCUT2D eigenvalue weighted by molar-refractivity contribution is -0.109. The molecule has 0 aliphatic rings. The van der Waals surface area contributed by atoms with Crippen LogP contribution in [0.25, 0.3) is 11.3 Å². The largest absolute Gasteiger partial charge is 0.496 e. The fourth-order valence-corrected chi connectivity index (χ4v) is 2.69. The predicted octanol–water partition coefficient (Wildman–Crippen LogP) is 3.64. The van der Waals surface area contributed by atoms with E-state index >= 15 is 0 Å². The third kappa shape index (κ3) is 6.38. The Morgan fingerprint density at radius 2 is 1.79 bits per heavy atom. The molecular formula is C21H23ClN4O3. The lowest BCUT2D eigenvalue weighted by Crippen LogP contribution is -2.18. The van der Waals surface area contributed by atoms with E-state index in [2.05, 4.69) is 16.1 Å². The van der Waals surface area contributed by atoms with Gasteiger partial charge in [-0.3, -0.25) is 10.2 Å². The molecule has 0 bridgehead atoms. The molecule has 0 radical (unpaired) electrons. The second-order valence-corrected chi connectivity index (χ2v) is 6.11. The molecule has 0 saturated heterocycles. The molecule has 2 aromatic carbocycles. The molecule has 29 heavy (non-hydrogen) atoms. The van der Waals surface area contributed by atoms with Crippen molar-refractivity contribution in [1.29, 1.82) is 0 Å². The molecule has 1 aromatic heterocycles. The number of pyridine rings is 1. The van der Waals surface area contributed by atoms with Gasteiger partial charge in [0.25, 0.3) is 0 Å². The number of hydrogen-bond donors (Lipinski definition) is 3. The minimum atomic E-state index is 0.358. The van der Waals surface area contributed by atoms with Gasteiger partial charge in [-0.1, -0.05) is 35.9 Å². The molecule has 0 atom stereocenters. The maximum Gasteiger partial charge on any atom is 0.221 e. The number of nitrogens with one attached hydrogen (secondary N) is 2. The average molecular weight is 415 g/mol. The number of halogens is 1. The Bertz CT molecular complexity index is 898. The number of carbonyl (C=O) groups is 1. The first-order valence-corrected chi connectivity index (χ1v) is 9.10. The van der Waals surface area contributed by atoms with Crippen molar-refractivity contribution in [1.82, 2.24) is 10.4 Å². The molecule has 152 valence electrons. The lowest BCUT2D eigenvalue weighted by Gasteiger charge is -2.14. The number of nitrogens with two attached hydrogens (primary N) is 1. The average Bonchev–Trinajstić information content (AvgIpc) is 2.78. The molecule has 3 rings (SSSR count). The molecule has 1 heterocycles. The van der Waals surface area contributed by atoms with Crippen molar-refractivity contribution in [3.05, 3.63) is 71.2 Å². The summed E-state index contributed by atoms with van der Waals surface area (Å²) in [6, 6.07) is 19.1. The first-order valence-electron chi connectivity index (χ1n) is 8.72. The van der Waals surface area contributed by atoms with Crippen LogP contribution in [0.5, 0.6) is 11.6 Å². The van der Waals surface area contributed by atoms with Crippen LogP contribution < -0.4 is 26.1 Å². The molecule has 3 aromatic rings. The summed E-state index contributed by atoms with van der Waals surface area (Å²) in [5.74, 6) is 5.74. The summed E-state index contributed by atoms with van der Waals surface area (Å²) in [5, 5.41) is 3.86. The molecule has 0 fully saturated rings. The Morgan fingerprint density at radius 3 is 2.41 bits per heavy atom. The van der Waals surface area contributed by atoms with Crippen LogP contribution in [0.1, 0.15) is 5.56 Å². The summed E-state index contributed by atoms with van der Waals surface area (Å²) < 4.78 is 11.3. The van der Waals surface area contributed by atoms with Gasteiger partial charge in [0, 0.05) is 29.4 Å². The summed E-state index contributed by atoms with van der Waals surface area (Å²) in [6.45, 7) is 0.358. The van der Waals surface area contributed by atoms with Gasteiger partial charge < -0.3 is 14.8 Å². The van der Waals surface area contributed by atoms with Gasteiger partial charge >= 0.3 is 0 Å².